The highest BCUT2D eigenvalue weighted by atomic mass is 32.2. The molecular formula is C31H30N4O4S. The number of carboxylic acid groups (broad SMARTS) is 1. The van der Waals surface area contributed by atoms with Gasteiger partial charge in [-0.3, -0.25) is 4.57 Å². The van der Waals surface area contributed by atoms with E-state index in [0.29, 0.717) is 35.6 Å². The number of furan rings is 1. The third-order valence-electron chi connectivity index (χ3n) is 6.37. The van der Waals surface area contributed by atoms with E-state index in [-0.39, 0.29) is 5.76 Å². The maximum atomic E-state index is 11.2. The molecule has 8 nitrogen and oxygen atoms in total. The van der Waals surface area contributed by atoms with Crippen LogP contribution >= 0.6 is 11.8 Å². The second-order valence-electron chi connectivity index (χ2n) is 9.22. The van der Waals surface area contributed by atoms with E-state index in [0.717, 1.165) is 52.7 Å². The third kappa shape index (κ3) is 6.10. The average Bonchev–Trinajstić information content (AvgIpc) is 3.62. The van der Waals surface area contributed by atoms with Gasteiger partial charge < -0.3 is 14.3 Å². The number of rotatable bonds is 13. The lowest BCUT2D eigenvalue weighted by Crippen LogP contribution is -2.02. The Balaban J connectivity index is 1.47. The Hall–Kier alpha value is -4.37. The molecule has 3 heterocycles. The van der Waals surface area contributed by atoms with Crippen LogP contribution in [0.25, 0.3) is 33.5 Å². The standard InChI is InChI=1S/C31H30N4O4S/c1-3-5-8-18-38-22-13-11-21(12-14-22)27-19-25(24-9-6-7-10-26(24)32-27)29-33-34-31(35(29)17-4-2)40-20-23-15-16-28(39-23)30(36)37/h4,6-7,9-16,19H,2-3,5,8,17-18,20H2,1H3,(H,36,37). The van der Waals surface area contributed by atoms with E-state index < -0.39 is 5.97 Å². The Morgan fingerprint density at radius 2 is 1.93 bits per heavy atom. The number of nitrogens with zero attached hydrogens (tertiary/aromatic N) is 4. The second kappa shape index (κ2) is 12.7. The number of aromatic nitrogens is 4. The summed E-state index contributed by atoms with van der Waals surface area (Å²) in [5.74, 6) is 1.33. The number of ether oxygens (including phenoxy) is 1. The van der Waals surface area contributed by atoms with Crippen LogP contribution in [0.5, 0.6) is 5.75 Å². The maximum Gasteiger partial charge on any atom is 0.371 e. The van der Waals surface area contributed by atoms with Crippen molar-refractivity contribution in [3.63, 3.8) is 0 Å². The molecule has 40 heavy (non-hydrogen) atoms. The van der Waals surface area contributed by atoms with Gasteiger partial charge in [0.1, 0.15) is 11.5 Å². The molecule has 5 rings (SSSR count). The Bertz CT molecular complexity index is 1620. The lowest BCUT2D eigenvalue weighted by Gasteiger charge is -2.12. The third-order valence-corrected chi connectivity index (χ3v) is 7.36. The highest BCUT2D eigenvalue weighted by Gasteiger charge is 2.19. The van der Waals surface area contributed by atoms with Gasteiger partial charge in [-0.1, -0.05) is 55.8 Å². The molecule has 0 unspecified atom stereocenters. The van der Waals surface area contributed by atoms with Crippen LogP contribution in [0, 0.1) is 0 Å². The first-order valence-electron chi connectivity index (χ1n) is 13.2. The van der Waals surface area contributed by atoms with Gasteiger partial charge in [0.2, 0.25) is 5.76 Å². The van der Waals surface area contributed by atoms with Crippen molar-refractivity contribution in [3.8, 4) is 28.4 Å². The summed E-state index contributed by atoms with van der Waals surface area (Å²) >= 11 is 1.42. The molecule has 0 bridgehead atoms. The Morgan fingerprint density at radius 1 is 1.10 bits per heavy atom. The number of para-hydroxylation sites is 1. The van der Waals surface area contributed by atoms with Gasteiger partial charge in [-0.15, -0.1) is 16.8 Å². The van der Waals surface area contributed by atoms with E-state index in [1.807, 2.05) is 59.2 Å². The number of hydrogen-bond donors (Lipinski definition) is 1. The summed E-state index contributed by atoms with van der Waals surface area (Å²) in [6.07, 6.45) is 5.17. The lowest BCUT2D eigenvalue weighted by molar-refractivity contribution is 0.0661. The van der Waals surface area contributed by atoms with E-state index in [4.69, 9.17) is 19.2 Å². The van der Waals surface area contributed by atoms with Crippen LogP contribution < -0.4 is 4.74 Å². The van der Waals surface area contributed by atoms with Crippen molar-refractivity contribution < 1.29 is 19.1 Å². The maximum absolute atomic E-state index is 11.2. The van der Waals surface area contributed by atoms with Gasteiger partial charge in [0.05, 0.1) is 23.6 Å². The molecule has 0 aliphatic heterocycles. The van der Waals surface area contributed by atoms with E-state index in [2.05, 4.69) is 23.7 Å². The zero-order valence-corrected chi connectivity index (χ0v) is 23.1. The number of pyridine rings is 1. The van der Waals surface area contributed by atoms with Gasteiger partial charge in [-0.05, 0) is 55.0 Å². The minimum Gasteiger partial charge on any atom is -0.494 e. The van der Waals surface area contributed by atoms with Crippen molar-refractivity contribution in [1.82, 2.24) is 19.7 Å². The molecule has 0 aliphatic carbocycles. The normalized spacial score (nSPS) is 11.1. The van der Waals surface area contributed by atoms with Crippen molar-refractivity contribution in [3.05, 3.63) is 90.9 Å². The van der Waals surface area contributed by atoms with Crippen LogP contribution in [0.1, 0.15) is 42.5 Å². The first kappa shape index (κ1) is 27.2. The first-order chi connectivity index (χ1) is 19.6. The van der Waals surface area contributed by atoms with Crippen LogP contribution in [0.15, 0.2) is 89.0 Å². The molecule has 0 fully saturated rings. The number of fused-ring (bicyclic) bond motifs is 1. The Kier molecular flexibility index (Phi) is 8.61. The zero-order valence-electron chi connectivity index (χ0n) is 22.2. The van der Waals surface area contributed by atoms with Crippen molar-refractivity contribution in [2.75, 3.05) is 6.61 Å². The van der Waals surface area contributed by atoms with E-state index in [1.54, 1.807) is 12.1 Å². The van der Waals surface area contributed by atoms with Gasteiger partial charge in [-0.2, -0.15) is 0 Å². The number of benzene rings is 2. The molecule has 0 atom stereocenters. The highest BCUT2D eigenvalue weighted by molar-refractivity contribution is 7.98. The van der Waals surface area contributed by atoms with E-state index in [9.17, 15) is 4.79 Å². The first-order valence-corrected chi connectivity index (χ1v) is 14.2. The van der Waals surface area contributed by atoms with Gasteiger partial charge in [0.15, 0.2) is 11.0 Å². The predicted octanol–water partition coefficient (Wildman–Crippen LogP) is 7.50. The SMILES string of the molecule is C=CCn1c(SCc2ccc(C(=O)O)o2)nnc1-c1cc(-c2ccc(OCCCCC)cc2)nc2ccccc12. The minimum absolute atomic E-state index is 0.0873. The Morgan fingerprint density at radius 3 is 2.67 bits per heavy atom. The average molecular weight is 555 g/mol. The van der Waals surface area contributed by atoms with Crippen LogP contribution in [0.4, 0.5) is 0 Å². The summed E-state index contributed by atoms with van der Waals surface area (Å²) in [5.41, 5.74) is 3.57. The van der Waals surface area contributed by atoms with Gasteiger partial charge in [0.25, 0.3) is 0 Å². The van der Waals surface area contributed by atoms with Crippen molar-refractivity contribution >= 4 is 28.6 Å². The van der Waals surface area contributed by atoms with Crippen molar-refractivity contribution in [2.24, 2.45) is 0 Å². The number of hydrogen-bond acceptors (Lipinski definition) is 7. The van der Waals surface area contributed by atoms with Crippen LogP contribution in [0.3, 0.4) is 0 Å². The molecule has 0 aliphatic rings. The van der Waals surface area contributed by atoms with Crippen molar-refractivity contribution in [1.29, 1.82) is 0 Å². The summed E-state index contributed by atoms with van der Waals surface area (Å²) in [6, 6.07) is 21.2. The summed E-state index contributed by atoms with van der Waals surface area (Å²) in [6.45, 7) is 7.32. The molecular weight excluding hydrogens is 524 g/mol. The van der Waals surface area contributed by atoms with E-state index in [1.165, 1.54) is 17.8 Å². The number of aromatic carboxylic acids is 1. The van der Waals surface area contributed by atoms with Crippen LogP contribution in [-0.2, 0) is 12.3 Å². The molecule has 0 saturated carbocycles. The smallest absolute Gasteiger partial charge is 0.371 e. The number of unbranched alkanes of at least 4 members (excludes halogenated alkanes) is 2. The molecule has 0 saturated heterocycles. The fraction of sp³-hybridized carbons (Fsp3) is 0.226. The molecule has 0 amide bonds. The number of carboxylic acids is 1. The quantitative estimate of drug-likeness (QED) is 0.0906. The summed E-state index contributed by atoms with van der Waals surface area (Å²) < 4.78 is 13.3. The molecule has 0 radical (unpaired) electrons. The summed E-state index contributed by atoms with van der Waals surface area (Å²) in [7, 11) is 0. The predicted molar refractivity (Wildman–Crippen MR) is 157 cm³/mol. The largest absolute Gasteiger partial charge is 0.494 e. The van der Waals surface area contributed by atoms with E-state index >= 15 is 0 Å². The number of allylic oxidation sites excluding steroid dienone is 1. The minimum atomic E-state index is -1.09. The molecule has 2 aromatic carbocycles. The molecule has 1 N–H and O–H groups in total. The monoisotopic (exact) mass is 554 g/mol. The number of thioether (sulfide) groups is 1. The summed E-state index contributed by atoms with van der Waals surface area (Å²) in [4.78, 5) is 16.1. The second-order valence-corrected chi connectivity index (χ2v) is 10.2. The summed E-state index contributed by atoms with van der Waals surface area (Å²) in [5, 5.41) is 19.8. The van der Waals surface area contributed by atoms with Crippen molar-refractivity contribution in [2.45, 2.75) is 43.6 Å². The molecule has 3 aromatic heterocycles. The fourth-order valence-electron chi connectivity index (χ4n) is 4.37. The number of carbonyl (C=O) groups is 1. The molecule has 9 heteroatoms. The van der Waals surface area contributed by atoms with Gasteiger partial charge in [0, 0.05) is 23.1 Å². The fourth-order valence-corrected chi connectivity index (χ4v) is 5.21. The lowest BCUT2D eigenvalue weighted by atomic mass is 10.0. The van der Waals surface area contributed by atoms with Crippen LogP contribution in [-0.4, -0.2) is 37.4 Å². The van der Waals surface area contributed by atoms with Gasteiger partial charge in [-0.25, -0.2) is 9.78 Å². The Labute approximate surface area is 236 Å². The highest BCUT2D eigenvalue weighted by Crippen LogP contribution is 2.34. The molecule has 204 valence electrons. The van der Waals surface area contributed by atoms with Gasteiger partial charge >= 0.3 is 5.97 Å². The zero-order chi connectivity index (χ0) is 27.9. The van der Waals surface area contributed by atoms with Crippen LogP contribution in [0.2, 0.25) is 0 Å². The molecule has 0 spiro atoms. The topological polar surface area (TPSA) is 103 Å². The molecule has 5 aromatic rings.